The Morgan fingerprint density at radius 1 is 0.828 bits per heavy atom. The van der Waals surface area contributed by atoms with Gasteiger partial charge < -0.3 is 10.1 Å². The molecule has 0 atom stereocenters. The number of rotatable bonds is 1. The topological polar surface area (TPSA) is 21.3 Å². The summed E-state index contributed by atoms with van der Waals surface area (Å²) in [6.45, 7) is 8.75. The van der Waals surface area contributed by atoms with Crippen molar-refractivity contribution in [3.63, 3.8) is 0 Å². The minimum absolute atomic E-state index is 0.0708. The first kappa shape index (κ1) is 17.8. The number of aryl methyl sites for hydroxylation is 1. The maximum absolute atomic E-state index is 6.49. The van der Waals surface area contributed by atoms with Crippen LogP contribution in [0.15, 0.2) is 66.7 Å². The molecule has 0 bridgehead atoms. The predicted octanol–water partition coefficient (Wildman–Crippen LogP) is 7.16. The molecular weight excluding hydrogens is 354 g/mol. The third-order valence-electron chi connectivity index (χ3n) is 5.75. The average molecular weight is 380 g/mol. The number of para-hydroxylation sites is 1. The Bertz CT molecular complexity index is 1200. The molecule has 0 radical (unpaired) electrons. The van der Waals surface area contributed by atoms with Gasteiger partial charge in [0, 0.05) is 22.4 Å². The fraction of sp³-hybridized carbons (Fsp3) is 0.185. The van der Waals surface area contributed by atoms with Crippen LogP contribution in [0.5, 0.6) is 5.75 Å². The van der Waals surface area contributed by atoms with E-state index in [1.807, 2.05) is 12.1 Å². The third kappa shape index (κ3) is 2.96. The second-order valence-corrected chi connectivity index (χ2v) is 8.55. The highest BCUT2D eigenvalue weighted by atomic mass is 16.5. The van der Waals surface area contributed by atoms with Crippen LogP contribution in [-0.4, -0.2) is 5.54 Å². The predicted molar refractivity (Wildman–Crippen MR) is 123 cm³/mol. The van der Waals surface area contributed by atoms with Crippen LogP contribution in [0.4, 0.5) is 5.69 Å². The Kier molecular flexibility index (Phi) is 3.92. The van der Waals surface area contributed by atoms with Gasteiger partial charge in [-0.25, -0.2) is 0 Å². The molecule has 29 heavy (non-hydrogen) atoms. The van der Waals surface area contributed by atoms with Crippen molar-refractivity contribution in [3.05, 3.63) is 89.0 Å². The fourth-order valence-electron chi connectivity index (χ4n) is 4.53. The van der Waals surface area contributed by atoms with E-state index < -0.39 is 0 Å². The number of anilines is 1. The van der Waals surface area contributed by atoms with Gasteiger partial charge in [-0.3, -0.25) is 0 Å². The van der Waals surface area contributed by atoms with E-state index in [-0.39, 0.29) is 5.54 Å². The Labute approximate surface area is 172 Å². The highest BCUT2D eigenvalue weighted by Crippen LogP contribution is 2.49. The van der Waals surface area contributed by atoms with Gasteiger partial charge in [0.15, 0.2) is 0 Å². The van der Waals surface area contributed by atoms with Crippen molar-refractivity contribution in [2.24, 2.45) is 0 Å². The van der Waals surface area contributed by atoms with Crippen LogP contribution in [-0.2, 0) is 0 Å². The normalized spacial score (nSPS) is 17.4. The molecule has 2 heterocycles. The highest BCUT2D eigenvalue weighted by Gasteiger charge is 2.31. The first-order valence-electron chi connectivity index (χ1n) is 10.1. The van der Waals surface area contributed by atoms with Gasteiger partial charge in [-0.2, -0.15) is 0 Å². The van der Waals surface area contributed by atoms with E-state index >= 15 is 0 Å². The minimum Gasteiger partial charge on any atom is -0.456 e. The summed E-state index contributed by atoms with van der Waals surface area (Å²) in [4.78, 5) is 0. The molecule has 0 amide bonds. The summed E-state index contributed by atoms with van der Waals surface area (Å²) in [6.07, 6.45) is 4.49. The number of hydrogen-bond donors (Lipinski definition) is 1. The van der Waals surface area contributed by atoms with Crippen LogP contribution in [0.2, 0.25) is 0 Å². The first-order valence-corrected chi connectivity index (χ1v) is 10.1. The second-order valence-electron chi connectivity index (χ2n) is 8.55. The number of nitrogens with one attached hydrogen (secondary N) is 1. The van der Waals surface area contributed by atoms with E-state index in [9.17, 15) is 0 Å². The van der Waals surface area contributed by atoms with Crippen molar-refractivity contribution in [2.45, 2.75) is 33.2 Å². The Morgan fingerprint density at radius 2 is 1.59 bits per heavy atom. The zero-order valence-corrected chi connectivity index (χ0v) is 17.3. The van der Waals surface area contributed by atoms with Gasteiger partial charge in [-0.15, -0.1) is 0 Å². The number of fused-ring (bicyclic) bond motifs is 5. The zero-order chi connectivity index (χ0) is 20.2. The molecule has 0 unspecified atom stereocenters. The fourth-order valence-corrected chi connectivity index (χ4v) is 4.53. The van der Waals surface area contributed by atoms with E-state index in [4.69, 9.17) is 4.74 Å². The third-order valence-corrected chi connectivity index (χ3v) is 5.75. The maximum Gasteiger partial charge on any atom is 0.136 e. The number of ether oxygens (including phenoxy) is 1. The quantitative estimate of drug-likeness (QED) is 0.484. The van der Waals surface area contributed by atoms with Crippen molar-refractivity contribution in [3.8, 4) is 16.9 Å². The highest BCUT2D eigenvalue weighted by molar-refractivity contribution is 6.00. The molecule has 3 aromatic rings. The van der Waals surface area contributed by atoms with Crippen molar-refractivity contribution in [1.82, 2.24) is 0 Å². The number of benzene rings is 3. The molecule has 3 aromatic carbocycles. The SMILES string of the molecule is CC1=CC(C)(C)Nc2ccc3c(c21)/C(=C\c1ccccc1C)Oc1ccccc1-3. The molecule has 1 N–H and O–H groups in total. The van der Waals surface area contributed by atoms with Gasteiger partial charge in [0.25, 0.3) is 0 Å². The van der Waals surface area contributed by atoms with Crippen LogP contribution in [0, 0.1) is 6.92 Å². The van der Waals surface area contributed by atoms with E-state index in [0.717, 1.165) is 22.8 Å². The van der Waals surface area contributed by atoms with Gasteiger partial charge in [0.05, 0.1) is 5.54 Å². The monoisotopic (exact) mass is 379 g/mol. The van der Waals surface area contributed by atoms with E-state index in [1.165, 1.54) is 33.4 Å². The molecule has 0 fully saturated rings. The molecule has 2 heteroatoms. The van der Waals surface area contributed by atoms with Gasteiger partial charge in [0.1, 0.15) is 11.5 Å². The second kappa shape index (κ2) is 6.38. The smallest absolute Gasteiger partial charge is 0.136 e. The Morgan fingerprint density at radius 3 is 2.41 bits per heavy atom. The first-order chi connectivity index (χ1) is 13.9. The summed E-state index contributed by atoms with van der Waals surface area (Å²) in [5.74, 6) is 1.81. The zero-order valence-electron chi connectivity index (χ0n) is 17.3. The Hall–Kier alpha value is -3.26. The van der Waals surface area contributed by atoms with Gasteiger partial charge in [0.2, 0.25) is 0 Å². The van der Waals surface area contributed by atoms with Gasteiger partial charge >= 0.3 is 0 Å². The standard InChI is InChI=1S/C27H25NO/c1-17-9-5-6-10-19(17)15-24-26-21(20-11-7-8-12-23(20)29-24)13-14-22-25(26)18(2)16-27(3,4)28-22/h5-16,28H,1-4H3/b24-15+. The van der Waals surface area contributed by atoms with E-state index in [2.05, 4.69) is 93.7 Å². The summed E-state index contributed by atoms with van der Waals surface area (Å²) < 4.78 is 6.49. The summed E-state index contributed by atoms with van der Waals surface area (Å²) >= 11 is 0. The Balaban J connectivity index is 1.81. The van der Waals surface area contributed by atoms with Crippen molar-refractivity contribution in [2.75, 3.05) is 5.32 Å². The minimum atomic E-state index is -0.0708. The summed E-state index contributed by atoms with van der Waals surface area (Å²) in [6, 6.07) is 21.2. The lowest BCUT2D eigenvalue weighted by atomic mass is 9.83. The molecule has 0 saturated carbocycles. The van der Waals surface area contributed by atoms with E-state index in [1.54, 1.807) is 0 Å². The molecule has 2 nitrogen and oxygen atoms in total. The largest absolute Gasteiger partial charge is 0.456 e. The summed E-state index contributed by atoms with van der Waals surface area (Å²) in [7, 11) is 0. The lowest BCUT2D eigenvalue weighted by Crippen LogP contribution is -2.32. The van der Waals surface area contributed by atoms with Gasteiger partial charge in [-0.05, 0) is 68.2 Å². The lowest BCUT2D eigenvalue weighted by Gasteiger charge is -2.35. The average Bonchev–Trinajstić information content (AvgIpc) is 2.68. The molecule has 0 spiro atoms. The molecule has 5 rings (SSSR count). The van der Waals surface area contributed by atoms with Crippen LogP contribution in [0.1, 0.15) is 43.0 Å². The summed E-state index contributed by atoms with van der Waals surface area (Å²) in [5.41, 5.74) is 9.55. The van der Waals surface area contributed by atoms with Crippen molar-refractivity contribution < 1.29 is 4.74 Å². The van der Waals surface area contributed by atoms with Gasteiger partial charge in [-0.1, -0.05) is 54.6 Å². The molecule has 2 aliphatic heterocycles. The van der Waals surface area contributed by atoms with E-state index in [0.29, 0.717) is 0 Å². The van der Waals surface area contributed by atoms with Crippen LogP contribution >= 0.6 is 0 Å². The number of allylic oxidation sites excluding steroid dienone is 1. The molecule has 2 aliphatic rings. The van der Waals surface area contributed by atoms with Crippen LogP contribution in [0.3, 0.4) is 0 Å². The molecule has 144 valence electrons. The molecular formula is C27H25NO. The molecule has 0 aromatic heterocycles. The molecule has 0 aliphatic carbocycles. The summed E-state index contributed by atoms with van der Waals surface area (Å²) in [5, 5.41) is 3.68. The van der Waals surface area contributed by atoms with Crippen LogP contribution in [0.25, 0.3) is 28.5 Å². The maximum atomic E-state index is 6.49. The van der Waals surface area contributed by atoms with Crippen molar-refractivity contribution in [1.29, 1.82) is 0 Å². The number of hydrogen-bond acceptors (Lipinski definition) is 2. The van der Waals surface area contributed by atoms with Crippen LogP contribution < -0.4 is 10.1 Å². The lowest BCUT2D eigenvalue weighted by molar-refractivity contribution is 0.514. The van der Waals surface area contributed by atoms with Crippen molar-refractivity contribution >= 4 is 23.1 Å². The molecule has 0 saturated heterocycles.